The van der Waals surface area contributed by atoms with Crippen LogP contribution in [-0.2, 0) is 24.3 Å². The van der Waals surface area contributed by atoms with Gasteiger partial charge in [0.05, 0.1) is 6.54 Å². The molecule has 0 saturated carbocycles. The van der Waals surface area contributed by atoms with Gasteiger partial charge in [-0.2, -0.15) is 4.98 Å². The summed E-state index contributed by atoms with van der Waals surface area (Å²) in [6.45, 7) is 7.65. The number of halogens is 1. The van der Waals surface area contributed by atoms with Crippen LogP contribution in [0.3, 0.4) is 0 Å². The highest BCUT2D eigenvalue weighted by Gasteiger charge is 2.18. The highest BCUT2D eigenvalue weighted by Crippen LogP contribution is 2.29. The smallest absolute Gasteiger partial charge is 0.354 e. The Morgan fingerprint density at radius 3 is 2.53 bits per heavy atom. The van der Waals surface area contributed by atoms with Crippen molar-refractivity contribution < 1.29 is 9.21 Å². The Morgan fingerprint density at radius 1 is 1.14 bits per heavy atom. The summed E-state index contributed by atoms with van der Waals surface area (Å²) >= 11 is 6.03. The van der Waals surface area contributed by atoms with Gasteiger partial charge in [-0.05, 0) is 61.2 Å². The Balaban J connectivity index is 1.77. The summed E-state index contributed by atoms with van der Waals surface area (Å²) in [4.78, 5) is 42.2. The summed E-state index contributed by atoms with van der Waals surface area (Å²) in [5.74, 6) is 0.866. The molecule has 0 fully saturated rings. The number of benzene rings is 2. The number of fused-ring (bicyclic) bond motifs is 1. The summed E-state index contributed by atoms with van der Waals surface area (Å²) in [6, 6.07) is 12.7. The van der Waals surface area contributed by atoms with E-state index in [2.05, 4.69) is 10.3 Å². The number of nitrogens with zero attached hydrogens (tertiary/aromatic N) is 3. The number of furan rings is 1. The molecule has 2 aromatic heterocycles. The number of Topliss-reactive ketones (excluding diaryl/α,β-unsaturated/α-hetero) is 1. The van der Waals surface area contributed by atoms with Gasteiger partial charge < -0.3 is 14.5 Å². The molecule has 1 N–H and O–H groups in total. The highest BCUT2D eigenvalue weighted by atomic mass is 35.5. The van der Waals surface area contributed by atoms with Crippen LogP contribution in [0.5, 0.6) is 0 Å². The standard InChI is InChI=1S/C27H29ClN4O4/c1-5-23-18(4)22-13-21(10-11-24(22)36-23)29-25-30-26(34)32(14-16(2)12-17(3)33)27(35)31(25)15-19-6-8-20(28)9-7-19/h6-11,13,16H,5,12,14-15H2,1-4H3,(H,29,30,34)/t16-/m1/s1. The molecule has 0 saturated heterocycles. The number of hydrogen-bond acceptors (Lipinski definition) is 6. The van der Waals surface area contributed by atoms with Crippen LogP contribution in [0.4, 0.5) is 11.6 Å². The molecule has 2 heterocycles. The monoisotopic (exact) mass is 508 g/mol. The first-order chi connectivity index (χ1) is 17.2. The van der Waals surface area contributed by atoms with E-state index in [0.29, 0.717) is 10.7 Å². The number of rotatable bonds is 9. The molecule has 4 aromatic rings. The van der Waals surface area contributed by atoms with E-state index in [4.69, 9.17) is 16.0 Å². The van der Waals surface area contributed by atoms with Crippen LogP contribution in [0.15, 0.2) is 56.5 Å². The topological polar surface area (TPSA) is 99.1 Å². The molecule has 188 valence electrons. The van der Waals surface area contributed by atoms with Crippen molar-refractivity contribution in [3.05, 3.63) is 85.3 Å². The normalized spacial score (nSPS) is 12.1. The van der Waals surface area contributed by atoms with E-state index in [9.17, 15) is 14.4 Å². The number of nitrogens with one attached hydrogen (secondary N) is 1. The molecule has 8 nitrogen and oxygen atoms in total. The van der Waals surface area contributed by atoms with E-state index >= 15 is 0 Å². The molecule has 9 heteroatoms. The van der Waals surface area contributed by atoms with Crippen molar-refractivity contribution in [2.24, 2.45) is 5.92 Å². The fraction of sp³-hybridized carbons (Fsp3) is 0.333. The summed E-state index contributed by atoms with van der Waals surface area (Å²) < 4.78 is 8.41. The number of ketones is 1. The van der Waals surface area contributed by atoms with Crippen molar-refractivity contribution in [3.63, 3.8) is 0 Å². The van der Waals surface area contributed by atoms with Crippen LogP contribution >= 0.6 is 11.6 Å². The second-order valence-electron chi connectivity index (χ2n) is 9.17. The first kappa shape index (κ1) is 25.4. The minimum absolute atomic E-state index is 0.000512. The van der Waals surface area contributed by atoms with Gasteiger partial charge in [-0.15, -0.1) is 0 Å². The largest absolute Gasteiger partial charge is 0.461 e. The van der Waals surface area contributed by atoms with Crippen molar-refractivity contribution in [3.8, 4) is 0 Å². The number of carbonyl (C=O) groups is 1. The van der Waals surface area contributed by atoms with Crippen LogP contribution in [0, 0.1) is 12.8 Å². The van der Waals surface area contributed by atoms with Gasteiger partial charge in [0, 0.05) is 35.5 Å². The van der Waals surface area contributed by atoms with Crippen molar-refractivity contribution in [2.75, 3.05) is 5.32 Å². The summed E-state index contributed by atoms with van der Waals surface area (Å²) in [5, 5.41) is 4.70. The third-order valence-corrected chi connectivity index (χ3v) is 6.40. The lowest BCUT2D eigenvalue weighted by Gasteiger charge is -2.17. The maximum Gasteiger partial charge on any atom is 0.354 e. The zero-order valence-corrected chi connectivity index (χ0v) is 21.6. The first-order valence-electron chi connectivity index (χ1n) is 11.9. The fourth-order valence-electron chi connectivity index (χ4n) is 4.38. The molecule has 0 aliphatic heterocycles. The molecule has 0 amide bonds. The Morgan fingerprint density at radius 2 is 1.86 bits per heavy atom. The van der Waals surface area contributed by atoms with Gasteiger partial charge in [-0.3, -0.25) is 4.57 Å². The van der Waals surface area contributed by atoms with Crippen LogP contribution in [0.2, 0.25) is 5.02 Å². The highest BCUT2D eigenvalue weighted by molar-refractivity contribution is 6.30. The first-order valence-corrected chi connectivity index (χ1v) is 12.3. The van der Waals surface area contributed by atoms with Crippen molar-refractivity contribution in [1.29, 1.82) is 0 Å². The van der Waals surface area contributed by atoms with Crippen LogP contribution in [0.1, 0.15) is 44.1 Å². The Kier molecular flexibility index (Phi) is 7.45. The van der Waals surface area contributed by atoms with Gasteiger partial charge in [0.25, 0.3) is 0 Å². The van der Waals surface area contributed by atoms with Gasteiger partial charge >= 0.3 is 11.4 Å². The van der Waals surface area contributed by atoms with Crippen LogP contribution in [-0.4, -0.2) is 19.9 Å². The van der Waals surface area contributed by atoms with E-state index < -0.39 is 11.4 Å². The van der Waals surface area contributed by atoms with Crippen molar-refractivity contribution >= 4 is 40.0 Å². The van der Waals surface area contributed by atoms with Gasteiger partial charge in [-0.1, -0.05) is 37.6 Å². The fourth-order valence-corrected chi connectivity index (χ4v) is 4.50. The minimum Gasteiger partial charge on any atom is -0.461 e. The lowest BCUT2D eigenvalue weighted by molar-refractivity contribution is -0.117. The lowest BCUT2D eigenvalue weighted by atomic mass is 10.1. The molecule has 4 rings (SSSR count). The second-order valence-corrected chi connectivity index (χ2v) is 9.61. The molecule has 0 spiro atoms. The van der Waals surface area contributed by atoms with E-state index in [0.717, 1.165) is 38.8 Å². The van der Waals surface area contributed by atoms with Gasteiger partial charge in [0.15, 0.2) is 0 Å². The number of aryl methyl sites for hydroxylation is 2. The maximum atomic E-state index is 13.5. The number of aromatic nitrogens is 3. The molecule has 0 unspecified atom stereocenters. The van der Waals surface area contributed by atoms with Gasteiger partial charge in [0.1, 0.15) is 17.1 Å². The molecule has 0 radical (unpaired) electrons. The Labute approximate surface area is 213 Å². The molecule has 1 atom stereocenters. The lowest BCUT2D eigenvalue weighted by Crippen LogP contribution is -2.43. The van der Waals surface area contributed by atoms with Crippen molar-refractivity contribution in [2.45, 2.75) is 53.6 Å². The number of carbonyl (C=O) groups excluding carboxylic acids is 1. The molecule has 0 aliphatic carbocycles. The SMILES string of the molecule is CCc1oc2ccc(Nc3nc(=O)n(C[C@H](C)CC(C)=O)c(=O)n3Cc3ccc(Cl)cc3)cc2c1C. The average molecular weight is 509 g/mol. The zero-order valence-electron chi connectivity index (χ0n) is 20.8. The summed E-state index contributed by atoms with van der Waals surface area (Å²) in [5.41, 5.74) is 2.15. The van der Waals surface area contributed by atoms with Crippen LogP contribution < -0.4 is 16.7 Å². The maximum absolute atomic E-state index is 13.5. The third-order valence-electron chi connectivity index (χ3n) is 6.15. The van der Waals surface area contributed by atoms with E-state index in [1.807, 2.05) is 51.1 Å². The third kappa shape index (κ3) is 5.44. The molecule has 0 aliphatic rings. The molecule has 0 bridgehead atoms. The zero-order chi connectivity index (χ0) is 26.0. The second kappa shape index (κ2) is 10.5. The Bertz CT molecular complexity index is 1530. The van der Waals surface area contributed by atoms with E-state index in [1.165, 1.54) is 11.5 Å². The summed E-state index contributed by atoms with van der Waals surface area (Å²) in [6.07, 6.45) is 1.05. The minimum atomic E-state index is -0.668. The van der Waals surface area contributed by atoms with Crippen molar-refractivity contribution in [1.82, 2.24) is 14.1 Å². The molecule has 36 heavy (non-hydrogen) atoms. The molecular formula is C27H29ClN4O4. The molecule has 2 aromatic carbocycles. The van der Waals surface area contributed by atoms with E-state index in [1.54, 1.807) is 12.1 Å². The van der Waals surface area contributed by atoms with E-state index in [-0.39, 0.29) is 37.2 Å². The predicted molar refractivity (Wildman–Crippen MR) is 141 cm³/mol. The Hall–Kier alpha value is -3.65. The number of anilines is 2. The van der Waals surface area contributed by atoms with Crippen LogP contribution in [0.25, 0.3) is 11.0 Å². The average Bonchev–Trinajstić information content (AvgIpc) is 3.15. The van der Waals surface area contributed by atoms with Gasteiger partial charge in [0.2, 0.25) is 5.95 Å². The molecular weight excluding hydrogens is 480 g/mol. The quantitative estimate of drug-likeness (QED) is 0.338. The van der Waals surface area contributed by atoms with Gasteiger partial charge in [-0.25, -0.2) is 14.2 Å². The predicted octanol–water partition coefficient (Wildman–Crippen LogP) is 5.08. The summed E-state index contributed by atoms with van der Waals surface area (Å²) in [7, 11) is 0. The number of hydrogen-bond donors (Lipinski definition) is 1.